The van der Waals surface area contributed by atoms with Crippen LogP contribution in [0.2, 0.25) is 0 Å². The van der Waals surface area contributed by atoms with E-state index in [2.05, 4.69) is 16.4 Å². The first kappa shape index (κ1) is 29.0. The van der Waals surface area contributed by atoms with Crippen LogP contribution in [0, 0.1) is 0 Å². The summed E-state index contributed by atoms with van der Waals surface area (Å²) in [6, 6.07) is 15.3. The summed E-state index contributed by atoms with van der Waals surface area (Å²) in [5, 5.41) is 22.9. The van der Waals surface area contributed by atoms with Gasteiger partial charge in [0, 0.05) is 42.9 Å². The average molecular weight is 593 g/mol. The normalized spacial score (nSPS) is 13.6. The number of carbonyl (C=O) groups is 1. The number of carboxylic acids is 1. The van der Waals surface area contributed by atoms with Gasteiger partial charge in [0.1, 0.15) is 5.82 Å². The van der Waals surface area contributed by atoms with E-state index < -0.39 is 21.9 Å². The second-order valence-corrected chi connectivity index (χ2v) is 11.6. The Morgan fingerprint density at radius 3 is 2.64 bits per heavy atom. The zero-order valence-corrected chi connectivity index (χ0v) is 23.9. The molecule has 5 rings (SSSR count). The fourth-order valence-corrected chi connectivity index (χ4v) is 5.38. The summed E-state index contributed by atoms with van der Waals surface area (Å²) in [6.45, 7) is 1.22. The van der Waals surface area contributed by atoms with E-state index >= 15 is 0 Å². The minimum absolute atomic E-state index is 0.0262. The molecule has 1 unspecified atom stereocenters. The second-order valence-electron chi connectivity index (χ2n) is 10.00. The minimum atomic E-state index is -3.86. The topological polar surface area (TPSA) is 172 Å². The smallest absolute Gasteiger partial charge is 0.303 e. The molecule has 1 aliphatic heterocycles. The molecule has 0 aliphatic carbocycles. The van der Waals surface area contributed by atoms with Gasteiger partial charge in [-0.15, -0.1) is 0 Å². The molecule has 0 bridgehead atoms. The van der Waals surface area contributed by atoms with Crippen LogP contribution in [0.25, 0.3) is 5.69 Å². The molecule has 3 aromatic heterocycles. The number of nitrogens with two attached hydrogens (primary N) is 1. The Bertz CT molecular complexity index is 1660. The zero-order valence-electron chi connectivity index (χ0n) is 23.1. The molecule has 0 radical (unpaired) electrons. The lowest BCUT2D eigenvalue weighted by molar-refractivity contribution is -0.137. The van der Waals surface area contributed by atoms with Gasteiger partial charge in [0.05, 0.1) is 36.4 Å². The van der Waals surface area contributed by atoms with Gasteiger partial charge in [-0.2, -0.15) is 5.10 Å². The number of nitrogens with one attached hydrogen (secondary N) is 1. The number of benzene rings is 1. The molecule has 42 heavy (non-hydrogen) atoms. The predicted octanol–water partition coefficient (Wildman–Crippen LogP) is 3.10. The van der Waals surface area contributed by atoms with Crippen LogP contribution in [0.5, 0.6) is 11.8 Å². The van der Waals surface area contributed by atoms with Crippen LogP contribution in [0.3, 0.4) is 0 Å². The van der Waals surface area contributed by atoms with E-state index in [1.807, 2.05) is 6.07 Å². The van der Waals surface area contributed by atoms with Crippen LogP contribution in [-0.4, -0.2) is 59.5 Å². The lowest BCUT2D eigenvalue weighted by atomic mass is 9.92. The molecule has 0 fully saturated rings. The Hall–Kier alpha value is -4.49. The van der Waals surface area contributed by atoms with E-state index in [-0.39, 0.29) is 11.3 Å². The average Bonchev–Trinajstić information content (AvgIpc) is 3.38. The number of hydrogen-bond donors (Lipinski definition) is 3. The first-order chi connectivity index (χ1) is 20.2. The number of sulfonamides is 1. The van der Waals surface area contributed by atoms with Gasteiger partial charge in [0.25, 0.3) is 0 Å². The van der Waals surface area contributed by atoms with E-state index in [4.69, 9.17) is 24.7 Å². The monoisotopic (exact) mass is 592 g/mol. The molecular weight excluding hydrogens is 560 g/mol. The fraction of sp³-hybridized carbons (Fsp3) is 0.310. The summed E-state index contributed by atoms with van der Waals surface area (Å²) in [5.41, 5.74) is 3.99. The van der Waals surface area contributed by atoms with Crippen LogP contribution in [0.1, 0.15) is 41.3 Å². The number of primary sulfonamides is 1. The largest absolute Gasteiger partial charge is 0.481 e. The third kappa shape index (κ3) is 7.04. The molecule has 13 heteroatoms. The number of carboxylic acid groups (broad SMARTS) is 1. The summed E-state index contributed by atoms with van der Waals surface area (Å²) in [4.78, 5) is 20.6. The number of aliphatic carboxylic acids is 1. The van der Waals surface area contributed by atoms with E-state index in [1.165, 1.54) is 24.8 Å². The van der Waals surface area contributed by atoms with Gasteiger partial charge >= 0.3 is 5.97 Å². The number of fused-ring (bicyclic) bond motifs is 1. The summed E-state index contributed by atoms with van der Waals surface area (Å²) < 4.78 is 36.4. The number of nitrogens with zero attached hydrogens (tertiary/aromatic N) is 4. The van der Waals surface area contributed by atoms with Crippen LogP contribution in [0.4, 0.5) is 5.82 Å². The molecule has 0 amide bonds. The third-order valence-corrected chi connectivity index (χ3v) is 7.94. The SMILES string of the molecule is COc1ccc(C(CC(=O)O)Cc2cc(OCCc3ccc4c(n3)NCCC4)n(-c3ccc(S(N)(=O)=O)cc3)n2)cn1. The van der Waals surface area contributed by atoms with Crippen LogP contribution in [-0.2, 0) is 34.1 Å². The number of aryl methyl sites for hydroxylation is 1. The third-order valence-electron chi connectivity index (χ3n) is 7.01. The molecule has 1 atom stereocenters. The second kappa shape index (κ2) is 12.6. The van der Waals surface area contributed by atoms with Crippen LogP contribution < -0.4 is 19.9 Å². The number of ether oxygens (including phenoxy) is 2. The molecule has 4 N–H and O–H groups in total. The summed E-state index contributed by atoms with van der Waals surface area (Å²) in [7, 11) is -2.35. The van der Waals surface area contributed by atoms with E-state index in [9.17, 15) is 18.3 Å². The van der Waals surface area contributed by atoms with Crippen molar-refractivity contribution in [2.75, 3.05) is 25.6 Å². The molecule has 4 aromatic rings. The van der Waals surface area contributed by atoms with Crippen molar-refractivity contribution in [1.29, 1.82) is 0 Å². The van der Waals surface area contributed by atoms with Crippen molar-refractivity contribution < 1.29 is 27.8 Å². The Labute approximate surface area is 243 Å². The zero-order chi connectivity index (χ0) is 29.7. The van der Waals surface area contributed by atoms with Gasteiger partial charge in [-0.1, -0.05) is 12.1 Å². The lowest BCUT2D eigenvalue weighted by Crippen LogP contribution is -2.15. The maximum atomic E-state index is 11.8. The van der Waals surface area contributed by atoms with Crippen molar-refractivity contribution in [3.8, 4) is 17.4 Å². The molecule has 1 aliphatic rings. The summed E-state index contributed by atoms with van der Waals surface area (Å²) in [5.74, 6) is 0.413. The van der Waals surface area contributed by atoms with E-state index in [1.54, 1.807) is 41.2 Å². The van der Waals surface area contributed by atoms with Crippen molar-refractivity contribution in [3.63, 3.8) is 0 Å². The lowest BCUT2D eigenvalue weighted by Gasteiger charge is -2.17. The first-order valence-corrected chi connectivity index (χ1v) is 15.0. The van der Waals surface area contributed by atoms with Crippen molar-refractivity contribution in [2.24, 2.45) is 5.14 Å². The number of pyridine rings is 2. The minimum Gasteiger partial charge on any atom is -0.481 e. The van der Waals surface area contributed by atoms with Crippen LogP contribution >= 0.6 is 0 Å². The standard InChI is InChI=1S/C29H32N6O6S/c1-40-26-11-5-20(18-32-26)21(16-28(36)37)15-23-17-27(35(34-23)24-7-9-25(10-8-24)42(30,38)39)41-14-12-22-6-4-19-3-2-13-31-29(19)33-22/h4-11,17-18,21H,2-3,12-16H2,1H3,(H,31,33)(H,36,37)(H2,30,38,39). The van der Waals surface area contributed by atoms with Gasteiger partial charge in [-0.05, 0) is 60.7 Å². The number of methoxy groups -OCH3 is 1. The molecule has 0 spiro atoms. The molecule has 1 aromatic carbocycles. The fourth-order valence-electron chi connectivity index (χ4n) is 4.87. The highest BCUT2D eigenvalue weighted by atomic mass is 32.2. The van der Waals surface area contributed by atoms with Gasteiger partial charge in [0.15, 0.2) is 0 Å². The highest BCUT2D eigenvalue weighted by Crippen LogP contribution is 2.28. The molecule has 0 saturated heterocycles. The highest BCUT2D eigenvalue weighted by molar-refractivity contribution is 7.89. The molecule has 0 saturated carbocycles. The van der Waals surface area contributed by atoms with Gasteiger partial charge in [-0.3, -0.25) is 4.79 Å². The first-order valence-electron chi connectivity index (χ1n) is 13.5. The molecular formula is C29H32N6O6S. The molecule has 4 heterocycles. The Morgan fingerprint density at radius 1 is 1.14 bits per heavy atom. The predicted molar refractivity (Wildman–Crippen MR) is 155 cm³/mol. The number of rotatable bonds is 12. The quantitative estimate of drug-likeness (QED) is 0.222. The van der Waals surface area contributed by atoms with Gasteiger partial charge in [0.2, 0.25) is 21.8 Å². The maximum Gasteiger partial charge on any atom is 0.303 e. The van der Waals surface area contributed by atoms with E-state index in [0.717, 1.165) is 36.5 Å². The van der Waals surface area contributed by atoms with Crippen molar-refractivity contribution in [2.45, 2.75) is 42.9 Å². The van der Waals surface area contributed by atoms with Crippen molar-refractivity contribution >= 4 is 21.8 Å². The number of hydrogen-bond acceptors (Lipinski definition) is 9. The number of aromatic nitrogens is 4. The Morgan fingerprint density at radius 2 is 1.95 bits per heavy atom. The molecule has 220 valence electrons. The van der Waals surface area contributed by atoms with Gasteiger partial charge in [-0.25, -0.2) is 28.2 Å². The number of anilines is 1. The van der Waals surface area contributed by atoms with Gasteiger partial charge < -0.3 is 19.9 Å². The van der Waals surface area contributed by atoms with Crippen LogP contribution in [0.15, 0.2) is 65.7 Å². The highest BCUT2D eigenvalue weighted by Gasteiger charge is 2.21. The molecule has 12 nitrogen and oxygen atoms in total. The van der Waals surface area contributed by atoms with Crippen molar-refractivity contribution in [1.82, 2.24) is 19.7 Å². The Balaban J connectivity index is 1.40. The van der Waals surface area contributed by atoms with E-state index in [0.29, 0.717) is 42.6 Å². The van der Waals surface area contributed by atoms with Crippen molar-refractivity contribution in [3.05, 3.63) is 83.3 Å². The summed E-state index contributed by atoms with van der Waals surface area (Å²) in [6.07, 6.45) is 4.43. The Kier molecular flexibility index (Phi) is 8.69. The maximum absolute atomic E-state index is 11.8. The summed E-state index contributed by atoms with van der Waals surface area (Å²) >= 11 is 0.